The zero-order valence-corrected chi connectivity index (χ0v) is 10.5. The number of fused-ring (bicyclic) bond motifs is 1. The molecule has 94 valence electrons. The third-order valence-corrected chi connectivity index (χ3v) is 3.63. The van der Waals surface area contributed by atoms with E-state index < -0.39 is 0 Å². The quantitative estimate of drug-likeness (QED) is 0.879. The van der Waals surface area contributed by atoms with Crippen molar-refractivity contribution in [3.63, 3.8) is 0 Å². The Labute approximate surface area is 106 Å². The number of nitrogens with one attached hydrogen (secondary N) is 1. The average molecular weight is 243 g/mol. The van der Waals surface area contributed by atoms with Crippen molar-refractivity contribution in [2.45, 2.75) is 38.6 Å². The number of rotatable bonds is 2. The van der Waals surface area contributed by atoms with Crippen molar-refractivity contribution in [3.8, 4) is 0 Å². The molecule has 0 atom stereocenters. The predicted octanol–water partition coefficient (Wildman–Crippen LogP) is 2.32. The third kappa shape index (κ3) is 1.88. The fourth-order valence-electron chi connectivity index (χ4n) is 2.68. The molecule has 1 fully saturated rings. The summed E-state index contributed by atoms with van der Waals surface area (Å²) in [6, 6.07) is 6.14. The van der Waals surface area contributed by atoms with Gasteiger partial charge in [0, 0.05) is 12.2 Å². The minimum atomic E-state index is -0.0429. The maximum atomic E-state index is 12.2. The van der Waals surface area contributed by atoms with E-state index in [0.29, 0.717) is 11.7 Å². The zero-order chi connectivity index (χ0) is 12.5. The van der Waals surface area contributed by atoms with Gasteiger partial charge in [-0.2, -0.15) is 0 Å². The molecule has 4 heteroatoms. The molecule has 0 aliphatic heterocycles. The summed E-state index contributed by atoms with van der Waals surface area (Å²) in [4.78, 5) is 16.6. The number of nitrogens with zero attached hydrogens (tertiary/aromatic N) is 2. The van der Waals surface area contributed by atoms with Crippen molar-refractivity contribution < 1.29 is 4.79 Å². The van der Waals surface area contributed by atoms with Crippen molar-refractivity contribution >= 4 is 11.4 Å². The first-order valence-electron chi connectivity index (χ1n) is 6.50. The van der Waals surface area contributed by atoms with Crippen LogP contribution in [0.15, 0.2) is 24.4 Å². The normalized spacial score (nSPS) is 16.3. The molecule has 4 nitrogen and oxygen atoms in total. The van der Waals surface area contributed by atoms with Crippen molar-refractivity contribution in [2.24, 2.45) is 0 Å². The van der Waals surface area contributed by atoms with Gasteiger partial charge in [0.2, 0.25) is 0 Å². The summed E-state index contributed by atoms with van der Waals surface area (Å²) in [5, 5.41) is 3.09. The SMILES string of the molecule is Cc1nc(C(=O)NC2CCCC2)c2ccccn12. The van der Waals surface area contributed by atoms with Crippen LogP contribution in [0, 0.1) is 6.92 Å². The second-order valence-corrected chi connectivity index (χ2v) is 4.92. The Hall–Kier alpha value is -1.84. The molecule has 0 bridgehead atoms. The van der Waals surface area contributed by atoms with Crippen LogP contribution in [0.3, 0.4) is 0 Å². The van der Waals surface area contributed by atoms with E-state index in [1.54, 1.807) is 0 Å². The monoisotopic (exact) mass is 243 g/mol. The number of carbonyl (C=O) groups is 1. The number of hydrogen-bond donors (Lipinski definition) is 1. The molecule has 0 aromatic carbocycles. The minimum absolute atomic E-state index is 0.0429. The highest BCUT2D eigenvalue weighted by atomic mass is 16.2. The van der Waals surface area contributed by atoms with Gasteiger partial charge in [-0.25, -0.2) is 4.98 Å². The van der Waals surface area contributed by atoms with E-state index in [0.717, 1.165) is 24.2 Å². The highest BCUT2D eigenvalue weighted by Crippen LogP contribution is 2.19. The molecule has 1 aliphatic rings. The fourth-order valence-corrected chi connectivity index (χ4v) is 2.68. The van der Waals surface area contributed by atoms with E-state index in [1.807, 2.05) is 35.7 Å². The van der Waals surface area contributed by atoms with Crippen LogP contribution in [0.5, 0.6) is 0 Å². The van der Waals surface area contributed by atoms with E-state index >= 15 is 0 Å². The Morgan fingerprint density at radius 3 is 2.94 bits per heavy atom. The van der Waals surface area contributed by atoms with Crippen molar-refractivity contribution in [2.75, 3.05) is 0 Å². The van der Waals surface area contributed by atoms with Crippen LogP contribution in [0.4, 0.5) is 0 Å². The van der Waals surface area contributed by atoms with Gasteiger partial charge < -0.3 is 9.72 Å². The summed E-state index contributed by atoms with van der Waals surface area (Å²) in [6.45, 7) is 1.92. The molecule has 0 radical (unpaired) electrons. The van der Waals surface area contributed by atoms with Gasteiger partial charge in [0.05, 0.1) is 5.52 Å². The van der Waals surface area contributed by atoms with Crippen LogP contribution < -0.4 is 5.32 Å². The lowest BCUT2D eigenvalue weighted by atomic mass is 10.2. The Bertz CT molecular complexity index is 582. The molecule has 0 saturated heterocycles. The number of pyridine rings is 1. The first-order chi connectivity index (χ1) is 8.75. The lowest BCUT2D eigenvalue weighted by molar-refractivity contribution is 0.0935. The molecule has 2 heterocycles. The largest absolute Gasteiger partial charge is 0.348 e. The minimum Gasteiger partial charge on any atom is -0.348 e. The van der Waals surface area contributed by atoms with Crippen LogP contribution in [0.1, 0.15) is 42.0 Å². The van der Waals surface area contributed by atoms with E-state index in [4.69, 9.17) is 0 Å². The van der Waals surface area contributed by atoms with Gasteiger partial charge in [0.25, 0.3) is 5.91 Å². The van der Waals surface area contributed by atoms with E-state index in [1.165, 1.54) is 12.8 Å². The molecule has 0 unspecified atom stereocenters. The van der Waals surface area contributed by atoms with E-state index in [9.17, 15) is 4.79 Å². The second-order valence-electron chi connectivity index (χ2n) is 4.92. The molecule has 3 rings (SSSR count). The Morgan fingerprint density at radius 1 is 1.39 bits per heavy atom. The van der Waals surface area contributed by atoms with Crippen molar-refractivity contribution in [1.29, 1.82) is 0 Å². The smallest absolute Gasteiger partial charge is 0.272 e. The molecule has 2 aromatic heterocycles. The number of imidazole rings is 1. The van der Waals surface area contributed by atoms with Crippen molar-refractivity contribution in [3.05, 3.63) is 35.9 Å². The van der Waals surface area contributed by atoms with Crippen molar-refractivity contribution in [1.82, 2.24) is 14.7 Å². The first-order valence-corrected chi connectivity index (χ1v) is 6.50. The van der Waals surface area contributed by atoms with Gasteiger partial charge in [-0.1, -0.05) is 18.9 Å². The molecule has 0 spiro atoms. The van der Waals surface area contributed by atoms with Crippen LogP contribution in [-0.2, 0) is 0 Å². The maximum absolute atomic E-state index is 12.2. The summed E-state index contributed by atoms with van der Waals surface area (Å²) < 4.78 is 1.95. The molecule has 2 aromatic rings. The Morgan fingerprint density at radius 2 is 2.17 bits per heavy atom. The highest BCUT2D eigenvalue weighted by Gasteiger charge is 2.21. The van der Waals surface area contributed by atoms with E-state index in [-0.39, 0.29) is 5.91 Å². The van der Waals surface area contributed by atoms with Gasteiger partial charge >= 0.3 is 0 Å². The molecule has 18 heavy (non-hydrogen) atoms. The molecule has 1 amide bonds. The summed E-state index contributed by atoms with van der Waals surface area (Å²) >= 11 is 0. The Kier molecular flexibility index (Phi) is 2.78. The van der Waals surface area contributed by atoms with Crippen LogP contribution >= 0.6 is 0 Å². The summed E-state index contributed by atoms with van der Waals surface area (Å²) in [7, 11) is 0. The third-order valence-electron chi connectivity index (χ3n) is 3.63. The van der Waals surface area contributed by atoms with Gasteiger partial charge in [0.1, 0.15) is 5.82 Å². The maximum Gasteiger partial charge on any atom is 0.272 e. The van der Waals surface area contributed by atoms with Gasteiger partial charge in [-0.3, -0.25) is 4.79 Å². The summed E-state index contributed by atoms with van der Waals surface area (Å²) in [5.41, 5.74) is 1.42. The van der Waals surface area contributed by atoms with Gasteiger partial charge in [-0.15, -0.1) is 0 Å². The molecular weight excluding hydrogens is 226 g/mol. The number of aromatic nitrogens is 2. The lowest BCUT2D eigenvalue weighted by Gasteiger charge is -2.10. The lowest BCUT2D eigenvalue weighted by Crippen LogP contribution is -2.32. The van der Waals surface area contributed by atoms with Crippen LogP contribution in [0.25, 0.3) is 5.52 Å². The molecule has 1 N–H and O–H groups in total. The second kappa shape index (κ2) is 4.44. The molecule has 1 aliphatic carbocycles. The number of amides is 1. The highest BCUT2D eigenvalue weighted by molar-refractivity contribution is 5.99. The first kappa shape index (κ1) is 11.3. The van der Waals surface area contributed by atoms with Crippen LogP contribution in [0.2, 0.25) is 0 Å². The standard InChI is InChI=1S/C14H17N3O/c1-10-15-13(12-8-4-5-9-17(10)12)14(18)16-11-6-2-3-7-11/h4-5,8-9,11H,2-3,6-7H2,1H3,(H,16,18). The molecular formula is C14H17N3O. The van der Waals surface area contributed by atoms with Gasteiger partial charge in [0.15, 0.2) is 5.69 Å². The summed E-state index contributed by atoms with van der Waals surface area (Å²) in [6.07, 6.45) is 6.55. The van der Waals surface area contributed by atoms with E-state index in [2.05, 4.69) is 10.3 Å². The Balaban J connectivity index is 1.91. The van der Waals surface area contributed by atoms with Gasteiger partial charge in [-0.05, 0) is 31.9 Å². The molecule has 1 saturated carbocycles. The topological polar surface area (TPSA) is 46.4 Å². The average Bonchev–Trinajstić information content (AvgIpc) is 2.98. The predicted molar refractivity (Wildman–Crippen MR) is 69.7 cm³/mol. The number of carbonyl (C=O) groups excluding carboxylic acids is 1. The number of aryl methyl sites for hydroxylation is 1. The number of hydrogen-bond acceptors (Lipinski definition) is 2. The zero-order valence-electron chi connectivity index (χ0n) is 10.5. The van der Waals surface area contributed by atoms with Crippen LogP contribution in [-0.4, -0.2) is 21.3 Å². The fraction of sp³-hybridized carbons (Fsp3) is 0.429. The summed E-state index contributed by atoms with van der Waals surface area (Å²) in [5.74, 6) is 0.806.